The topological polar surface area (TPSA) is 3.24 Å². The minimum Gasteiger partial charge on any atom is -0.297 e. The zero-order valence-electron chi connectivity index (χ0n) is 9.80. The largest absolute Gasteiger partial charge is 0.297 e. The summed E-state index contributed by atoms with van der Waals surface area (Å²) in [5.74, 6) is 0.773. The highest BCUT2D eigenvalue weighted by Gasteiger charge is 2.25. The van der Waals surface area contributed by atoms with E-state index >= 15 is 0 Å². The van der Waals surface area contributed by atoms with E-state index in [2.05, 4.69) is 41.6 Å². The van der Waals surface area contributed by atoms with E-state index in [-0.39, 0.29) is 0 Å². The monoisotopic (exact) mass is 261 g/mol. The van der Waals surface area contributed by atoms with Crippen LogP contribution in [0.1, 0.15) is 46.5 Å². The molecule has 84 valence electrons. The van der Waals surface area contributed by atoms with Gasteiger partial charge in [-0.2, -0.15) is 0 Å². The van der Waals surface area contributed by atoms with Gasteiger partial charge in [0.2, 0.25) is 0 Å². The van der Waals surface area contributed by atoms with Gasteiger partial charge in [0, 0.05) is 17.4 Å². The van der Waals surface area contributed by atoms with Crippen molar-refractivity contribution in [1.29, 1.82) is 0 Å². The molecule has 2 unspecified atom stereocenters. The van der Waals surface area contributed by atoms with Crippen molar-refractivity contribution in [3.05, 3.63) is 0 Å². The van der Waals surface area contributed by atoms with Crippen LogP contribution in [0.25, 0.3) is 0 Å². The average Bonchev–Trinajstić information content (AvgIpc) is 2.40. The van der Waals surface area contributed by atoms with Crippen LogP contribution in [0.15, 0.2) is 0 Å². The van der Waals surface area contributed by atoms with Crippen molar-refractivity contribution in [3.63, 3.8) is 0 Å². The van der Waals surface area contributed by atoms with Gasteiger partial charge in [0.05, 0.1) is 0 Å². The second-order valence-electron chi connectivity index (χ2n) is 4.88. The summed E-state index contributed by atoms with van der Waals surface area (Å²) < 4.78 is 0. The second kappa shape index (κ2) is 6.12. The van der Waals surface area contributed by atoms with E-state index in [0.717, 1.165) is 23.3 Å². The first-order valence-corrected chi connectivity index (χ1v) is 7.10. The van der Waals surface area contributed by atoms with Crippen LogP contribution in [-0.2, 0) is 0 Å². The molecule has 1 heterocycles. The van der Waals surface area contributed by atoms with Crippen LogP contribution in [0.5, 0.6) is 0 Å². The zero-order valence-corrected chi connectivity index (χ0v) is 11.4. The van der Waals surface area contributed by atoms with E-state index in [1.165, 1.54) is 32.2 Å². The Bertz CT molecular complexity index is 158. The number of rotatable bonds is 3. The third-order valence-corrected chi connectivity index (χ3v) is 4.34. The molecule has 0 aromatic carbocycles. The molecule has 2 heteroatoms. The maximum Gasteiger partial charge on any atom is 0.0195 e. The smallest absolute Gasteiger partial charge is 0.0195 e. The van der Waals surface area contributed by atoms with Gasteiger partial charge in [-0.15, -0.1) is 0 Å². The van der Waals surface area contributed by atoms with Crippen molar-refractivity contribution >= 4 is 15.9 Å². The Balaban J connectivity index is 2.60. The molecule has 0 bridgehead atoms. The fraction of sp³-hybridized carbons (Fsp3) is 1.00. The molecule has 0 aliphatic carbocycles. The van der Waals surface area contributed by atoms with Gasteiger partial charge in [0.25, 0.3) is 0 Å². The Hall–Kier alpha value is 0.440. The standard InChI is InChI=1S/C12H24BrN/c1-10(2)11(3)14-8-6-4-5-7-12(14)9-13/h10-12H,4-9H2,1-3H3. The summed E-state index contributed by atoms with van der Waals surface area (Å²) in [6, 6.07) is 1.51. The molecule has 1 rings (SSSR count). The molecule has 0 aromatic rings. The predicted molar refractivity (Wildman–Crippen MR) is 67.1 cm³/mol. The Kier molecular flexibility index (Phi) is 5.47. The van der Waals surface area contributed by atoms with Crippen LogP contribution in [0.4, 0.5) is 0 Å². The van der Waals surface area contributed by atoms with Crippen LogP contribution in [0.2, 0.25) is 0 Å². The molecule has 0 N–H and O–H groups in total. The molecule has 0 amide bonds. The third kappa shape index (κ3) is 3.23. The van der Waals surface area contributed by atoms with Gasteiger partial charge in [-0.05, 0) is 32.2 Å². The SMILES string of the molecule is CC(C)C(C)N1CCCCCC1CBr. The van der Waals surface area contributed by atoms with Crippen LogP contribution < -0.4 is 0 Å². The summed E-state index contributed by atoms with van der Waals surface area (Å²) in [6.07, 6.45) is 5.60. The summed E-state index contributed by atoms with van der Waals surface area (Å²) >= 11 is 3.66. The fourth-order valence-electron chi connectivity index (χ4n) is 2.28. The Morgan fingerprint density at radius 2 is 1.93 bits per heavy atom. The highest BCUT2D eigenvalue weighted by Crippen LogP contribution is 2.23. The molecule has 1 aliphatic rings. The van der Waals surface area contributed by atoms with Gasteiger partial charge < -0.3 is 0 Å². The molecule has 2 atom stereocenters. The number of alkyl halides is 1. The van der Waals surface area contributed by atoms with Crippen molar-refractivity contribution in [2.75, 3.05) is 11.9 Å². The van der Waals surface area contributed by atoms with E-state index in [4.69, 9.17) is 0 Å². The van der Waals surface area contributed by atoms with Gasteiger partial charge in [0.1, 0.15) is 0 Å². The van der Waals surface area contributed by atoms with Crippen molar-refractivity contribution in [1.82, 2.24) is 4.90 Å². The first-order valence-electron chi connectivity index (χ1n) is 5.98. The normalized spacial score (nSPS) is 27.6. The van der Waals surface area contributed by atoms with Crippen molar-refractivity contribution in [2.45, 2.75) is 58.5 Å². The molecule has 14 heavy (non-hydrogen) atoms. The summed E-state index contributed by atoms with van der Waals surface area (Å²) in [7, 11) is 0. The Labute approximate surface area is 97.4 Å². The number of likely N-dealkylation sites (tertiary alicyclic amines) is 1. The number of nitrogens with zero attached hydrogens (tertiary/aromatic N) is 1. The van der Waals surface area contributed by atoms with Gasteiger partial charge in [-0.25, -0.2) is 0 Å². The number of hydrogen-bond acceptors (Lipinski definition) is 1. The number of hydrogen-bond donors (Lipinski definition) is 0. The summed E-state index contributed by atoms with van der Waals surface area (Å²) in [5.41, 5.74) is 0. The predicted octanol–water partition coefficient (Wildman–Crippen LogP) is 3.67. The van der Waals surface area contributed by atoms with E-state index in [0.29, 0.717) is 0 Å². The van der Waals surface area contributed by atoms with Crippen molar-refractivity contribution in [3.8, 4) is 0 Å². The lowest BCUT2D eigenvalue weighted by molar-refractivity contribution is 0.128. The number of halogens is 1. The van der Waals surface area contributed by atoms with Gasteiger partial charge in [0.15, 0.2) is 0 Å². The molecule has 0 radical (unpaired) electrons. The average molecular weight is 262 g/mol. The van der Waals surface area contributed by atoms with Gasteiger partial charge in [-0.1, -0.05) is 42.6 Å². The van der Waals surface area contributed by atoms with Crippen molar-refractivity contribution in [2.24, 2.45) is 5.92 Å². The maximum absolute atomic E-state index is 3.66. The molecular weight excluding hydrogens is 238 g/mol. The minimum atomic E-state index is 0.732. The lowest BCUT2D eigenvalue weighted by atomic mass is 10.0. The molecule has 0 saturated carbocycles. The maximum atomic E-state index is 3.66. The summed E-state index contributed by atoms with van der Waals surface area (Å²) in [4.78, 5) is 2.71. The van der Waals surface area contributed by atoms with Crippen LogP contribution >= 0.6 is 15.9 Å². The summed E-state index contributed by atoms with van der Waals surface area (Å²) in [6.45, 7) is 8.35. The molecule has 1 fully saturated rings. The molecule has 1 aliphatic heterocycles. The van der Waals surface area contributed by atoms with E-state index in [1.807, 2.05) is 0 Å². The molecule has 0 aromatic heterocycles. The quantitative estimate of drug-likeness (QED) is 0.701. The Morgan fingerprint density at radius 3 is 2.50 bits per heavy atom. The van der Waals surface area contributed by atoms with Gasteiger partial charge in [-0.3, -0.25) is 4.90 Å². The highest BCUT2D eigenvalue weighted by atomic mass is 79.9. The molecule has 1 nitrogen and oxygen atoms in total. The lowest BCUT2D eigenvalue weighted by Gasteiger charge is -2.36. The zero-order chi connectivity index (χ0) is 10.6. The van der Waals surface area contributed by atoms with Crippen LogP contribution in [0.3, 0.4) is 0 Å². The third-order valence-electron chi connectivity index (χ3n) is 3.59. The molecule has 1 saturated heterocycles. The highest BCUT2D eigenvalue weighted by molar-refractivity contribution is 9.09. The first kappa shape index (κ1) is 12.5. The minimum absolute atomic E-state index is 0.732. The molecular formula is C12H24BrN. The second-order valence-corrected chi connectivity index (χ2v) is 5.53. The van der Waals surface area contributed by atoms with Gasteiger partial charge >= 0.3 is 0 Å². The van der Waals surface area contributed by atoms with E-state index < -0.39 is 0 Å². The first-order chi connectivity index (χ1) is 6.66. The Morgan fingerprint density at radius 1 is 1.21 bits per heavy atom. The lowest BCUT2D eigenvalue weighted by Crippen LogP contribution is -2.44. The fourth-order valence-corrected chi connectivity index (χ4v) is 2.98. The van der Waals surface area contributed by atoms with E-state index in [1.54, 1.807) is 0 Å². The van der Waals surface area contributed by atoms with Crippen LogP contribution in [0, 0.1) is 5.92 Å². The van der Waals surface area contributed by atoms with E-state index in [9.17, 15) is 0 Å². The summed E-state index contributed by atoms with van der Waals surface area (Å²) in [5, 5.41) is 1.14. The molecule has 0 spiro atoms. The van der Waals surface area contributed by atoms with Crippen molar-refractivity contribution < 1.29 is 0 Å². The van der Waals surface area contributed by atoms with Crippen LogP contribution in [-0.4, -0.2) is 28.9 Å².